The third-order valence-corrected chi connectivity index (χ3v) is 5.26. The molecule has 0 bridgehead atoms. The fraction of sp³-hybridized carbons (Fsp3) is 0.412. The number of carbonyl (C=O) groups is 1. The van der Waals surface area contributed by atoms with Crippen LogP contribution in [-0.4, -0.2) is 28.1 Å². The van der Waals surface area contributed by atoms with Gasteiger partial charge in [0.15, 0.2) is 0 Å². The largest absolute Gasteiger partial charge is 0.394 e. The van der Waals surface area contributed by atoms with Gasteiger partial charge in [-0.25, -0.2) is 4.98 Å². The molecule has 4 nitrogen and oxygen atoms in total. The topological polar surface area (TPSA) is 62.2 Å². The fourth-order valence-electron chi connectivity index (χ4n) is 2.94. The van der Waals surface area contributed by atoms with E-state index < -0.39 is 5.54 Å². The molecule has 1 aliphatic rings. The maximum atomic E-state index is 12.4. The van der Waals surface area contributed by atoms with Gasteiger partial charge in [-0.05, 0) is 31.9 Å². The van der Waals surface area contributed by atoms with E-state index in [1.807, 2.05) is 36.6 Å². The molecule has 0 radical (unpaired) electrons. The molecule has 0 unspecified atom stereocenters. The van der Waals surface area contributed by atoms with Gasteiger partial charge in [-0.2, -0.15) is 0 Å². The normalized spacial score (nSPS) is 16.6. The highest BCUT2D eigenvalue weighted by molar-refractivity contribution is 7.13. The molecule has 0 spiro atoms. The number of aryl methyl sites for hydroxylation is 1. The summed E-state index contributed by atoms with van der Waals surface area (Å²) in [7, 11) is 0. The Morgan fingerprint density at radius 3 is 2.55 bits per heavy atom. The first-order valence-electron chi connectivity index (χ1n) is 7.58. The number of aromatic nitrogens is 1. The Bertz CT molecular complexity index is 658. The van der Waals surface area contributed by atoms with Crippen molar-refractivity contribution >= 4 is 17.2 Å². The molecular weight excluding hydrogens is 296 g/mol. The molecule has 1 heterocycles. The summed E-state index contributed by atoms with van der Waals surface area (Å²) in [6, 6.07) is 7.49. The summed E-state index contributed by atoms with van der Waals surface area (Å²) in [5.74, 6) is -0.113. The number of hydrogen-bond donors (Lipinski definition) is 2. The predicted octanol–water partition coefficient (Wildman–Crippen LogP) is 3.15. The molecule has 1 aromatic carbocycles. The van der Waals surface area contributed by atoms with Crippen LogP contribution < -0.4 is 5.32 Å². The second-order valence-electron chi connectivity index (χ2n) is 5.97. The Kier molecular flexibility index (Phi) is 4.27. The van der Waals surface area contributed by atoms with E-state index in [1.165, 1.54) is 0 Å². The zero-order valence-corrected chi connectivity index (χ0v) is 13.4. The van der Waals surface area contributed by atoms with Crippen LogP contribution in [0.3, 0.4) is 0 Å². The van der Waals surface area contributed by atoms with Crippen LogP contribution in [0.25, 0.3) is 10.6 Å². The van der Waals surface area contributed by atoms with Crippen molar-refractivity contribution < 1.29 is 9.90 Å². The smallest absolute Gasteiger partial charge is 0.251 e. The summed E-state index contributed by atoms with van der Waals surface area (Å²) < 4.78 is 0. The van der Waals surface area contributed by atoms with Crippen LogP contribution in [-0.2, 0) is 0 Å². The average Bonchev–Trinajstić information content (AvgIpc) is 3.17. The lowest BCUT2D eigenvalue weighted by Gasteiger charge is -2.28. The van der Waals surface area contributed by atoms with Crippen molar-refractivity contribution in [3.8, 4) is 10.6 Å². The highest BCUT2D eigenvalue weighted by Crippen LogP contribution is 2.29. The van der Waals surface area contributed by atoms with Crippen molar-refractivity contribution in [2.75, 3.05) is 6.61 Å². The first-order chi connectivity index (χ1) is 10.6. The van der Waals surface area contributed by atoms with Crippen molar-refractivity contribution in [2.24, 2.45) is 0 Å². The summed E-state index contributed by atoms with van der Waals surface area (Å²) in [6.45, 7) is 1.98. The highest BCUT2D eigenvalue weighted by Gasteiger charge is 2.34. The average molecular weight is 316 g/mol. The monoisotopic (exact) mass is 316 g/mol. The molecule has 1 amide bonds. The van der Waals surface area contributed by atoms with Gasteiger partial charge in [0.25, 0.3) is 5.91 Å². The Labute approximate surface area is 134 Å². The van der Waals surface area contributed by atoms with Gasteiger partial charge in [0, 0.05) is 22.2 Å². The Morgan fingerprint density at radius 1 is 1.32 bits per heavy atom. The zero-order valence-electron chi connectivity index (χ0n) is 12.6. The summed E-state index contributed by atoms with van der Waals surface area (Å²) in [5.41, 5.74) is 2.22. The van der Waals surface area contributed by atoms with E-state index in [0.29, 0.717) is 5.56 Å². The quantitative estimate of drug-likeness (QED) is 0.911. The minimum absolute atomic E-state index is 0.00914. The van der Waals surface area contributed by atoms with Crippen molar-refractivity contribution in [2.45, 2.75) is 38.1 Å². The molecule has 3 rings (SSSR count). The molecule has 0 aliphatic heterocycles. The van der Waals surface area contributed by atoms with Crippen LogP contribution in [0.4, 0.5) is 0 Å². The van der Waals surface area contributed by atoms with E-state index in [1.54, 1.807) is 11.3 Å². The van der Waals surface area contributed by atoms with Gasteiger partial charge in [0.1, 0.15) is 5.01 Å². The number of nitrogens with one attached hydrogen (secondary N) is 1. The second-order valence-corrected chi connectivity index (χ2v) is 6.83. The third kappa shape index (κ3) is 3.05. The maximum absolute atomic E-state index is 12.4. The van der Waals surface area contributed by atoms with Crippen LogP contribution in [0.1, 0.15) is 41.7 Å². The number of hydrogen-bond acceptors (Lipinski definition) is 4. The number of rotatable bonds is 4. The number of thiazole rings is 1. The molecule has 2 aromatic rings. The first kappa shape index (κ1) is 15.2. The molecule has 1 saturated carbocycles. The Morgan fingerprint density at radius 2 is 2.00 bits per heavy atom. The summed E-state index contributed by atoms with van der Waals surface area (Å²) in [5, 5.41) is 15.6. The van der Waals surface area contributed by atoms with E-state index >= 15 is 0 Å². The lowest BCUT2D eigenvalue weighted by Crippen LogP contribution is -2.49. The molecule has 5 heteroatoms. The number of aliphatic hydroxyl groups excluding tert-OH is 1. The molecule has 2 N–H and O–H groups in total. The fourth-order valence-corrected chi connectivity index (χ4v) is 3.74. The number of amides is 1. The van der Waals surface area contributed by atoms with Gasteiger partial charge in [0.05, 0.1) is 12.1 Å². The van der Waals surface area contributed by atoms with Gasteiger partial charge in [-0.1, -0.05) is 25.0 Å². The number of carbonyl (C=O) groups excluding carboxylic acids is 1. The zero-order chi connectivity index (χ0) is 15.6. The number of aliphatic hydroxyl groups is 1. The Balaban J connectivity index is 1.73. The standard InChI is InChI=1S/C17H20N2O2S/c1-12-10-22-16(18-12)14-6-4-13(5-7-14)15(21)19-17(11-20)8-2-3-9-17/h4-7,10,20H,2-3,8-9,11H2,1H3,(H,19,21). The van der Waals surface area contributed by atoms with Gasteiger partial charge in [-0.15, -0.1) is 11.3 Å². The molecular formula is C17H20N2O2S. The van der Waals surface area contributed by atoms with E-state index in [0.717, 1.165) is 41.9 Å². The van der Waals surface area contributed by atoms with E-state index in [2.05, 4.69) is 10.3 Å². The minimum atomic E-state index is -0.428. The summed E-state index contributed by atoms with van der Waals surface area (Å²) in [6.07, 6.45) is 3.82. The molecule has 1 aliphatic carbocycles. The van der Waals surface area contributed by atoms with Crippen molar-refractivity contribution in [1.29, 1.82) is 0 Å². The Hall–Kier alpha value is -1.72. The third-order valence-electron chi connectivity index (χ3n) is 4.26. The van der Waals surface area contributed by atoms with Gasteiger partial charge in [-0.3, -0.25) is 4.79 Å². The molecule has 22 heavy (non-hydrogen) atoms. The molecule has 0 atom stereocenters. The lowest BCUT2D eigenvalue weighted by atomic mass is 9.98. The van der Waals surface area contributed by atoms with E-state index in [4.69, 9.17) is 0 Å². The SMILES string of the molecule is Cc1csc(-c2ccc(C(=O)NC3(CO)CCCC3)cc2)n1. The summed E-state index contributed by atoms with van der Waals surface area (Å²) >= 11 is 1.60. The molecule has 1 aromatic heterocycles. The number of benzene rings is 1. The minimum Gasteiger partial charge on any atom is -0.394 e. The van der Waals surface area contributed by atoms with Gasteiger partial charge < -0.3 is 10.4 Å². The van der Waals surface area contributed by atoms with Crippen LogP contribution in [0.5, 0.6) is 0 Å². The van der Waals surface area contributed by atoms with Crippen LogP contribution in [0.2, 0.25) is 0 Å². The maximum Gasteiger partial charge on any atom is 0.251 e. The van der Waals surface area contributed by atoms with Crippen molar-refractivity contribution in [3.05, 3.63) is 40.9 Å². The van der Waals surface area contributed by atoms with E-state index in [-0.39, 0.29) is 12.5 Å². The molecule has 1 fully saturated rings. The predicted molar refractivity (Wildman–Crippen MR) is 88.0 cm³/mol. The highest BCUT2D eigenvalue weighted by atomic mass is 32.1. The van der Waals surface area contributed by atoms with Crippen molar-refractivity contribution in [1.82, 2.24) is 10.3 Å². The summed E-state index contributed by atoms with van der Waals surface area (Å²) in [4.78, 5) is 16.8. The second kappa shape index (κ2) is 6.18. The van der Waals surface area contributed by atoms with E-state index in [9.17, 15) is 9.90 Å². The number of nitrogens with zero attached hydrogens (tertiary/aromatic N) is 1. The van der Waals surface area contributed by atoms with Gasteiger partial charge in [0.2, 0.25) is 0 Å². The molecule has 0 saturated heterocycles. The van der Waals surface area contributed by atoms with Gasteiger partial charge >= 0.3 is 0 Å². The van der Waals surface area contributed by atoms with Crippen LogP contribution >= 0.6 is 11.3 Å². The molecule has 116 valence electrons. The first-order valence-corrected chi connectivity index (χ1v) is 8.46. The van der Waals surface area contributed by atoms with Crippen LogP contribution in [0.15, 0.2) is 29.6 Å². The van der Waals surface area contributed by atoms with Crippen LogP contribution in [0, 0.1) is 6.92 Å². The van der Waals surface area contributed by atoms with Crippen molar-refractivity contribution in [3.63, 3.8) is 0 Å². The lowest BCUT2D eigenvalue weighted by molar-refractivity contribution is 0.0838.